The smallest absolute Gasteiger partial charge is 0.287 e. The van der Waals surface area contributed by atoms with Gasteiger partial charge in [0.05, 0.1) is 22.9 Å². The van der Waals surface area contributed by atoms with Crippen LogP contribution in [0, 0.1) is 0 Å². The summed E-state index contributed by atoms with van der Waals surface area (Å²) in [5.41, 5.74) is 0.909. The Kier molecular flexibility index (Phi) is 5.67. The van der Waals surface area contributed by atoms with Gasteiger partial charge in [-0.25, -0.2) is 0 Å². The van der Waals surface area contributed by atoms with Gasteiger partial charge in [0.1, 0.15) is 18.1 Å². The van der Waals surface area contributed by atoms with Crippen LogP contribution in [0.5, 0.6) is 5.75 Å². The van der Waals surface area contributed by atoms with Gasteiger partial charge in [0.2, 0.25) is 0 Å². The van der Waals surface area contributed by atoms with Gasteiger partial charge in [0.25, 0.3) is 5.91 Å². The minimum absolute atomic E-state index is 0.245. The van der Waals surface area contributed by atoms with Gasteiger partial charge in [-0.05, 0) is 46.4 Å². The number of ether oxygens (including phenoxy) is 1. The van der Waals surface area contributed by atoms with Crippen molar-refractivity contribution in [2.24, 2.45) is 0 Å². The largest absolute Gasteiger partial charge is 0.485 e. The summed E-state index contributed by atoms with van der Waals surface area (Å²) in [6, 6.07) is 17.4. The van der Waals surface area contributed by atoms with Crippen LogP contribution in [0.15, 0.2) is 69.7 Å². The van der Waals surface area contributed by atoms with E-state index in [9.17, 15) is 4.79 Å². The Hall–Kier alpha value is -3.06. The van der Waals surface area contributed by atoms with Crippen LogP contribution in [-0.4, -0.2) is 15.7 Å². The van der Waals surface area contributed by atoms with Gasteiger partial charge in [-0.3, -0.25) is 9.48 Å². The Morgan fingerprint density at radius 1 is 1.17 bits per heavy atom. The van der Waals surface area contributed by atoms with E-state index in [1.165, 1.54) is 0 Å². The molecule has 0 fully saturated rings. The first-order valence-electron chi connectivity index (χ1n) is 9.33. The summed E-state index contributed by atoms with van der Waals surface area (Å²) in [5.74, 6) is 1.34. The predicted octanol–water partition coefficient (Wildman–Crippen LogP) is 4.92. The van der Waals surface area contributed by atoms with Crippen molar-refractivity contribution in [2.75, 3.05) is 0 Å². The molecule has 2 heterocycles. The molecule has 6 nitrogen and oxygen atoms in total. The Labute approximate surface area is 176 Å². The van der Waals surface area contributed by atoms with E-state index in [1.54, 1.807) is 18.3 Å². The summed E-state index contributed by atoms with van der Waals surface area (Å²) in [6.45, 7) is 3.33. The zero-order chi connectivity index (χ0) is 20.2. The lowest BCUT2D eigenvalue weighted by molar-refractivity contribution is 0.0918. The van der Waals surface area contributed by atoms with Crippen molar-refractivity contribution in [2.45, 2.75) is 26.6 Å². The van der Waals surface area contributed by atoms with Gasteiger partial charge >= 0.3 is 0 Å². The molecule has 4 rings (SSSR count). The quantitative estimate of drug-likeness (QED) is 0.431. The number of nitrogens with one attached hydrogen (secondary N) is 1. The second-order valence-corrected chi connectivity index (χ2v) is 7.32. The third-order valence-corrected chi connectivity index (χ3v) is 5.28. The number of benzene rings is 2. The van der Waals surface area contributed by atoms with Crippen LogP contribution in [0.4, 0.5) is 0 Å². The third-order valence-electron chi connectivity index (χ3n) is 4.62. The van der Waals surface area contributed by atoms with Crippen molar-refractivity contribution in [3.8, 4) is 5.75 Å². The van der Waals surface area contributed by atoms with Crippen molar-refractivity contribution >= 4 is 32.6 Å². The molecule has 0 saturated carbocycles. The highest BCUT2D eigenvalue weighted by molar-refractivity contribution is 9.10. The van der Waals surface area contributed by atoms with Gasteiger partial charge in [0.15, 0.2) is 5.76 Å². The monoisotopic (exact) mass is 453 g/mol. The van der Waals surface area contributed by atoms with E-state index in [0.29, 0.717) is 12.3 Å². The van der Waals surface area contributed by atoms with Gasteiger partial charge < -0.3 is 14.5 Å². The average Bonchev–Trinajstić information content (AvgIpc) is 3.37. The predicted molar refractivity (Wildman–Crippen MR) is 114 cm³/mol. The molecule has 0 bridgehead atoms. The first-order chi connectivity index (χ1) is 14.2. The van der Waals surface area contributed by atoms with Crippen molar-refractivity contribution in [1.29, 1.82) is 0 Å². The summed E-state index contributed by atoms with van der Waals surface area (Å²) < 4.78 is 14.3. The van der Waals surface area contributed by atoms with Gasteiger partial charge in [-0.2, -0.15) is 5.10 Å². The van der Waals surface area contributed by atoms with E-state index in [2.05, 4.69) is 26.3 Å². The zero-order valence-electron chi connectivity index (χ0n) is 15.9. The van der Waals surface area contributed by atoms with E-state index in [4.69, 9.17) is 9.15 Å². The minimum atomic E-state index is -0.280. The van der Waals surface area contributed by atoms with Crippen LogP contribution < -0.4 is 10.1 Å². The Bertz CT molecular complexity index is 1140. The maximum Gasteiger partial charge on any atom is 0.287 e. The summed E-state index contributed by atoms with van der Waals surface area (Å²) in [7, 11) is 0. The number of nitrogens with zero attached hydrogens (tertiary/aromatic N) is 2. The molecule has 2 aromatic carbocycles. The molecule has 1 N–H and O–H groups in total. The van der Waals surface area contributed by atoms with Crippen LogP contribution in [0.2, 0.25) is 0 Å². The Morgan fingerprint density at radius 2 is 2.00 bits per heavy atom. The highest BCUT2D eigenvalue weighted by atomic mass is 79.9. The maximum absolute atomic E-state index is 12.4. The van der Waals surface area contributed by atoms with Gasteiger partial charge in [-0.15, -0.1) is 0 Å². The molecule has 0 spiro atoms. The molecular weight excluding hydrogens is 434 g/mol. The van der Waals surface area contributed by atoms with Crippen LogP contribution >= 0.6 is 15.9 Å². The normalized spacial score (nSPS) is 11.0. The molecule has 0 aliphatic heterocycles. The molecule has 1 amide bonds. The number of carbonyl (C=O) groups is 1. The fourth-order valence-electron chi connectivity index (χ4n) is 3.14. The van der Waals surface area contributed by atoms with Gasteiger partial charge in [-0.1, -0.05) is 36.4 Å². The second kappa shape index (κ2) is 8.53. The zero-order valence-corrected chi connectivity index (χ0v) is 17.5. The number of aromatic nitrogens is 2. The number of carbonyl (C=O) groups excluding carboxylic acids is 1. The molecule has 148 valence electrons. The number of halogens is 1. The summed E-state index contributed by atoms with van der Waals surface area (Å²) in [6.07, 6.45) is 1.72. The standard InChI is InChI=1S/C22H20BrN3O3/c1-2-26-19(18(23)12-25-26)13-24-22(27)21-11-10-16(29-21)14-28-20-9-5-7-15-6-3-4-8-17(15)20/h3-12H,2,13-14H2,1H3,(H,24,27). The molecule has 7 heteroatoms. The molecule has 0 atom stereocenters. The van der Waals surface area contributed by atoms with E-state index in [1.807, 2.05) is 54.1 Å². The van der Waals surface area contributed by atoms with Crippen molar-refractivity contribution in [3.05, 3.63) is 82.5 Å². The molecule has 4 aromatic rings. The lowest BCUT2D eigenvalue weighted by Crippen LogP contribution is -2.24. The third kappa shape index (κ3) is 4.19. The van der Waals surface area contributed by atoms with E-state index >= 15 is 0 Å². The average molecular weight is 454 g/mol. The highest BCUT2D eigenvalue weighted by Gasteiger charge is 2.14. The molecule has 0 aliphatic rings. The number of aryl methyl sites for hydroxylation is 1. The molecule has 29 heavy (non-hydrogen) atoms. The topological polar surface area (TPSA) is 69.3 Å². The molecular formula is C22H20BrN3O3. The first-order valence-corrected chi connectivity index (χ1v) is 10.1. The van der Waals surface area contributed by atoms with Gasteiger partial charge in [0, 0.05) is 11.9 Å². The van der Waals surface area contributed by atoms with Crippen LogP contribution in [0.1, 0.15) is 28.9 Å². The molecule has 2 aromatic heterocycles. The SMILES string of the molecule is CCn1ncc(Br)c1CNC(=O)c1ccc(COc2cccc3ccccc23)o1. The number of hydrogen-bond acceptors (Lipinski definition) is 4. The minimum Gasteiger partial charge on any atom is -0.485 e. The molecule has 0 saturated heterocycles. The number of hydrogen-bond donors (Lipinski definition) is 1. The van der Waals surface area contributed by atoms with Crippen molar-refractivity contribution < 1.29 is 13.9 Å². The van der Waals surface area contributed by atoms with E-state index in [-0.39, 0.29) is 18.3 Å². The lowest BCUT2D eigenvalue weighted by Gasteiger charge is -2.08. The van der Waals surface area contributed by atoms with Crippen LogP contribution in [0.25, 0.3) is 10.8 Å². The number of furan rings is 1. The number of amides is 1. The number of rotatable bonds is 7. The Balaban J connectivity index is 1.39. The van der Waals surface area contributed by atoms with E-state index in [0.717, 1.165) is 33.2 Å². The highest BCUT2D eigenvalue weighted by Crippen LogP contribution is 2.26. The number of fused-ring (bicyclic) bond motifs is 1. The fraction of sp³-hybridized carbons (Fsp3) is 0.182. The molecule has 0 unspecified atom stereocenters. The van der Waals surface area contributed by atoms with Crippen LogP contribution in [-0.2, 0) is 19.7 Å². The summed E-state index contributed by atoms with van der Waals surface area (Å²) in [4.78, 5) is 12.4. The maximum atomic E-state index is 12.4. The summed E-state index contributed by atoms with van der Waals surface area (Å²) >= 11 is 3.45. The Morgan fingerprint density at radius 3 is 2.86 bits per heavy atom. The van der Waals surface area contributed by atoms with Crippen molar-refractivity contribution in [1.82, 2.24) is 15.1 Å². The fourth-order valence-corrected chi connectivity index (χ4v) is 3.57. The lowest BCUT2D eigenvalue weighted by atomic mass is 10.1. The van der Waals surface area contributed by atoms with Crippen LogP contribution in [0.3, 0.4) is 0 Å². The second-order valence-electron chi connectivity index (χ2n) is 6.47. The summed E-state index contributed by atoms with van der Waals surface area (Å²) in [5, 5.41) is 9.26. The first kappa shape index (κ1) is 19.3. The van der Waals surface area contributed by atoms with Crippen molar-refractivity contribution in [3.63, 3.8) is 0 Å². The van der Waals surface area contributed by atoms with E-state index < -0.39 is 0 Å². The molecule has 0 radical (unpaired) electrons. The molecule has 0 aliphatic carbocycles.